The Bertz CT molecular complexity index is 911. The van der Waals surface area contributed by atoms with Crippen molar-refractivity contribution >= 4 is 17.2 Å². The second-order valence-corrected chi connectivity index (χ2v) is 7.39. The van der Waals surface area contributed by atoms with Crippen molar-refractivity contribution in [1.29, 1.82) is 0 Å². The van der Waals surface area contributed by atoms with E-state index in [1.54, 1.807) is 23.5 Å². The van der Waals surface area contributed by atoms with E-state index in [0.29, 0.717) is 18.2 Å². The normalized spacial score (nSPS) is 13.6. The number of hydrogen-bond acceptors (Lipinski definition) is 5. The predicted molar refractivity (Wildman–Crippen MR) is 99.5 cm³/mol. The minimum atomic E-state index is -0.243. The van der Waals surface area contributed by atoms with E-state index in [1.165, 1.54) is 17.8 Å². The van der Waals surface area contributed by atoms with Gasteiger partial charge in [0.25, 0.3) is 5.91 Å². The predicted octanol–water partition coefficient (Wildman–Crippen LogP) is 4.43. The molecule has 4 rings (SSSR count). The summed E-state index contributed by atoms with van der Waals surface area (Å²) in [6.07, 6.45) is 2.47. The van der Waals surface area contributed by atoms with Crippen LogP contribution in [0.4, 0.5) is 0 Å². The number of ether oxygens (including phenoxy) is 1. The van der Waals surface area contributed by atoms with Crippen LogP contribution < -0.4 is 10.1 Å². The molecule has 0 spiro atoms. The molecule has 6 heteroatoms. The summed E-state index contributed by atoms with van der Waals surface area (Å²) < 4.78 is 11.3. The third kappa shape index (κ3) is 4.14. The molecule has 1 saturated carbocycles. The summed E-state index contributed by atoms with van der Waals surface area (Å²) in [5.74, 6) is 2.08. The largest absolute Gasteiger partial charge is 0.486 e. The SMILES string of the molecule is Cc1cccc(OCc2ccc(C(=O)NCc3csc(C4CC4)n3)o2)c1. The number of nitrogens with one attached hydrogen (secondary N) is 1. The van der Waals surface area contributed by atoms with E-state index in [4.69, 9.17) is 9.15 Å². The van der Waals surface area contributed by atoms with Crippen molar-refractivity contribution < 1.29 is 13.9 Å². The van der Waals surface area contributed by atoms with Crippen LogP contribution in [0.2, 0.25) is 0 Å². The summed E-state index contributed by atoms with van der Waals surface area (Å²) in [5.41, 5.74) is 2.04. The fraction of sp³-hybridized carbons (Fsp3) is 0.300. The average molecular weight is 368 g/mol. The lowest BCUT2D eigenvalue weighted by Gasteiger charge is -2.05. The van der Waals surface area contributed by atoms with Crippen LogP contribution in [-0.2, 0) is 13.2 Å². The summed E-state index contributed by atoms with van der Waals surface area (Å²) >= 11 is 1.67. The van der Waals surface area contributed by atoms with Crippen LogP contribution in [0.25, 0.3) is 0 Å². The molecule has 0 atom stereocenters. The fourth-order valence-corrected chi connectivity index (χ4v) is 3.61. The van der Waals surface area contributed by atoms with Gasteiger partial charge in [0.15, 0.2) is 5.76 Å². The Kier molecular flexibility index (Phi) is 4.75. The molecule has 2 heterocycles. The second kappa shape index (κ2) is 7.33. The molecule has 5 nitrogen and oxygen atoms in total. The summed E-state index contributed by atoms with van der Waals surface area (Å²) in [5, 5.41) is 6.05. The van der Waals surface area contributed by atoms with Crippen LogP contribution in [-0.4, -0.2) is 10.9 Å². The van der Waals surface area contributed by atoms with E-state index in [2.05, 4.69) is 10.3 Å². The van der Waals surface area contributed by atoms with Crippen LogP contribution in [0.15, 0.2) is 46.2 Å². The van der Waals surface area contributed by atoms with E-state index in [0.717, 1.165) is 17.0 Å². The van der Waals surface area contributed by atoms with Gasteiger partial charge in [0.05, 0.1) is 17.2 Å². The summed E-state index contributed by atoms with van der Waals surface area (Å²) in [6, 6.07) is 11.2. The second-order valence-electron chi connectivity index (χ2n) is 6.51. The number of carbonyl (C=O) groups excluding carboxylic acids is 1. The van der Waals surface area contributed by atoms with Gasteiger partial charge >= 0.3 is 0 Å². The number of carbonyl (C=O) groups is 1. The monoisotopic (exact) mass is 368 g/mol. The van der Waals surface area contributed by atoms with E-state index < -0.39 is 0 Å². The molecule has 0 bridgehead atoms. The van der Waals surface area contributed by atoms with Crippen molar-refractivity contribution in [1.82, 2.24) is 10.3 Å². The van der Waals surface area contributed by atoms with Gasteiger partial charge in [0.1, 0.15) is 18.1 Å². The molecule has 2 aromatic heterocycles. The highest BCUT2D eigenvalue weighted by Crippen LogP contribution is 2.41. The minimum absolute atomic E-state index is 0.243. The summed E-state index contributed by atoms with van der Waals surface area (Å²) in [7, 11) is 0. The van der Waals surface area contributed by atoms with E-state index in [1.807, 2.05) is 36.6 Å². The van der Waals surface area contributed by atoms with Gasteiger partial charge in [-0.05, 0) is 49.6 Å². The number of hydrogen-bond donors (Lipinski definition) is 1. The standard InChI is InChI=1S/C20H20N2O3S/c1-13-3-2-4-16(9-13)24-11-17-7-8-18(25-17)19(23)21-10-15-12-26-20(22-15)14-5-6-14/h2-4,7-9,12,14H,5-6,10-11H2,1H3,(H,21,23). The highest BCUT2D eigenvalue weighted by molar-refractivity contribution is 7.09. The maximum atomic E-state index is 12.2. The maximum Gasteiger partial charge on any atom is 0.287 e. The molecule has 1 amide bonds. The number of furan rings is 1. The topological polar surface area (TPSA) is 64.4 Å². The highest BCUT2D eigenvalue weighted by atomic mass is 32.1. The molecule has 3 aromatic rings. The zero-order valence-electron chi connectivity index (χ0n) is 14.5. The number of nitrogens with zero attached hydrogens (tertiary/aromatic N) is 1. The number of thiazole rings is 1. The lowest BCUT2D eigenvalue weighted by Crippen LogP contribution is -2.22. The molecular formula is C20H20N2O3S. The van der Waals surface area contributed by atoms with Gasteiger partial charge in [-0.3, -0.25) is 4.79 Å². The molecule has 0 aliphatic heterocycles. The molecule has 1 N–H and O–H groups in total. The van der Waals surface area contributed by atoms with Crippen LogP contribution in [0.3, 0.4) is 0 Å². The first kappa shape index (κ1) is 16.8. The van der Waals surface area contributed by atoms with Gasteiger partial charge in [0.2, 0.25) is 0 Å². The summed E-state index contributed by atoms with van der Waals surface area (Å²) in [4.78, 5) is 16.8. The average Bonchev–Trinajstić information content (AvgIpc) is 3.19. The number of benzene rings is 1. The zero-order valence-corrected chi connectivity index (χ0v) is 15.3. The lowest BCUT2D eigenvalue weighted by molar-refractivity contribution is 0.0918. The van der Waals surface area contributed by atoms with Crippen molar-refractivity contribution in [2.45, 2.75) is 38.8 Å². The highest BCUT2D eigenvalue weighted by Gasteiger charge is 2.26. The fourth-order valence-electron chi connectivity index (χ4n) is 2.62. The van der Waals surface area contributed by atoms with Gasteiger partial charge in [-0.25, -0.2) is 4.98 Å². The Hall–Kier alpha value is -2.60. The molecule has 1 aromatic carbocycles. The van der Waals surface area contributed by atoms with Crippen LogP contribution in [0.1, 0.15) is 51.3 Å². The molecule has 1 fully saturated rings. The number of rotatable bonds is 7. The molecule has 0 saturated heterocycles. The lowest BCUT2D eigenvalue weighted by atomic mass is 10.2. The number of aryl methyl sites for hydroxylation is 1. The summed E-state index contributed by atoms with van der Waals surface area (Å²) in [6.45, 7) is 2.71. The minimum Gasteiger partial charge on any atom is -0.486 e. The van der Waals surface area contributed by atoms with Crippen molar-refractivity contribution in [3.63, 3.8) is 0 Å². The first-order valence-corrected chi connectivity index (χ1v) is 9.56. The molecule has 1 aliphatic carbocycles. The number of aromatic nitrogens is 1. The molecular weight excluding hydrogens is 348 g/mol. The zero-order chi connectivity index (χ0) is 17.9. The number of amides is 1. The maximum absolute atomic E-state index is 12.2. The Morgan fingerprint density at radius 2 is 2.23 bits per heavy atom. The van der Waals surface area contributed by atoms with Gasteiger partial charge < -0.3 is 14.5 Å². The molecule has 134 valence electrons. The Balaban J connectivity index is 1.29. The Morgan fingerprint density at radius 1 is 1.35 bits per heavy atom. The van der Waals surface area contributed by atoms with Crippen molar-refractivity contribution in [3.05, 3.63) is 69.6 Å². The molecule has 1 aliphatic rings. The van der Waals surface area contributed by atoms with Gasteiger partial charge in [0, 0.05) is 11.3 Å². The van der Waals surface area contributed by atoms with E-state index >= 15 is 0 Å². The first-order chi connectivity index (χ1) is 12.7. The van der Waals surface area contributed by atoms with E-state index in [9.17, 15) is 4.79 Å². The molecule has 0 radical (unpaired) electrons. The van der Waals surface area contributed by atoms with Gasteiger partial charge in [-0.15, -0.1) is 11.3 Å². The third-order valence-electron chi connectivity index (χ3n) is 4.18. The van der Waals surface area contributed by atoms with Crippen LogP contribution in [0, 0.1) is 6.92 Å². The van der Waals surface area contributed by atoms with Crippen LogP contribution in [0.5, 0.6) is 5.75 Å². The van der Waals surface area contributed by atoms with Gasteiger partial charge in [-0.2, -0.15) is 0 Å². The first-order valence-electron chi connectivity index (χ1n) is 8.68. The van der Waals surface area contributed by atoms with Crippen molar-refractivity contribution in [2.75, 3.05) is 0 Å². The Morgan fingerprint density at radius 3 is 3.04 bits per heavy atom. The Labute approximate surface area is 156 Å². The smallest absolute Gasteiger partial charge is 0.287 e. The van der Waals surface area contributed by atoms with Gasteiger partial charge in [-0.1, -0.05) is 12.1 Å². The van der Waals surface area contributed by atoms with E-state index in [-0.39, 0.29) is 18.3 Å². The molecule has 0 unspecified atom stereocenters. The molecule has 26 heavy (non-hydrogen) atoms. The van der Waals surface area contributed by atoms with Crippen molar-refractivity contribution in [3.8, 4) is 5.75 Å². The quantitative estimate of drug-likeness (QED) is 0.670. The third-order valence-corrected chi connectivity index (χ3v) is 5.24. The van der Waals surface area contributed by atoms with Crippen LogP contribution >= 0.6 is 11.3 Å². The van der Waals surface area contributed by atoms with Crippen molar-refractivity contribution in [2.24, 2.45) is 0 Å².